The van der Waals surface area contributed by atoms with Crippen LogP contribution in [0.25, 0.3) is 0 Å². The molecule has 8 heteroatoms. The Kier molecular flexibility index (Phi) is 12.7. The van der Waals surface area contributed by atoms with Crippen LogP contribution in [0, 0.1) is 23.7 Å². The molecule has 2 aliphatic carbocycles. The maximum absolute atomic E-state index is 13.3. The molecule has 2 fully saturated rings. The Morgan fingerprint density at radius 1 is 0.950 bits per heavy atom. The van der Waals surface area contributed by atoms with Crippen molar-refractivity contribution in [2.24, 2.45) is 23.7 Å². The number of carbonyl (C=O) groups is 2. The van der Waals surface area contributed by atoms with E-state index in [1.807, 2.05) is 51.1 Å². The van der Waals surface area contributed by atoms with Crippen LogP contribution < -0.4 is 10.6 Å². The highest BCUT2D eigenvalue weighted by Gasteiger charge is 2.35. The van der Waals surface area contributed by atoms with E-state index in [9.17, 15) is 24.0 Å². The van der Waals surface area contributed by atoms with Crippen molar-refractivity contribution < 1.29 is 24.0 Å². The summed E-state index contributed by atoms with van der Waals surface area (Å²) in [6, 6.07) is 9.20. The van der Waals surface area contributed by atoms with Crippen LogP contribution in [0.2, 0.25) is 0 Å². The van der Waals surface area contributed by atoms with E-state index >= 15 is 0 Å². The van der Waals surface area contributed by atoms with Crippen LogP contribution in [0.1, 0.15) is 91.0 Å². The molecule has 0 aromatic heterocycles. The predicted molar refractivity (Wildman–Crippen MR) is 161 cm³/mol. The maximum Gasteiger partial charge on any atom is 0.224 e. The lowest BCUT2D eigenvalue weighted by molar-refractivity contribution is -0.128. The van der Waals surface area contributed by atoms with Crippen LogP contribution in [0.4, 0.5) is 0 Å². The molecule has 7 nitrogen and oxygen atoms in total. The first kappa shape index (κ1) is 32.7. The average molecular weight is 577 g/mol. The maximum atomic E-state index is 13.3. The molecular formula is C32H52N2O5S. The summed E-state index contributed by atoms with van der Waals surface area (Å²) < 4.78 is 12.5. The Labute approximate surface area is 243 Å². The Hall–Kier alpha value is -1.77. The topological polar surface area (TPSA) is 116 Å². The first-order chi connectivity index (χ1) is 18.9. The third kappa shape index (κ3) is 10.9. The van der Waals surface area contributed by atoms with Crippen LogP contribution in [-0.2, 0) is 26.8 Å². The van der Waals surface area contributed by atoms with Gasteiger partial charge in [-0.05, 0) is 57.4 Å². The Morgan fingerprint density at radius 2 is 1.57 bits per heavy atom. The van der Waals surface area contributed by atoms with Gasteiger partial charge in [-0.1, -0.05) is 82.2 Å². The zero-order valence-corrected chi connectivity index (χ0v) is 25.8. The van der Waals surface area contributed by atoms with Crippen LogP contribution >= 0.6 is 0 Å². The van der Waals surface area contributed by atoms with Gasteiger partial charge < -0.3 is 20.8 Å². The van der Waals surface area contributed by atoms with E-state index < -0.39 is 45.6 Å². The van der Waals surface area contributed by atoms with Crippen LogP contribution in [0.5, 0.6) is 0 Å². The number of rotatable bonds is 15. The van der Waals surface area contributed by atoms with Gasteiger partial charge in [0.05, 0.1) is 24.0 Å². The highest BCUT2D eigenvalue weighted by molar-refractivity contribution is 7.86. The molecule has 0 aliphatic heterocycles. The number of aliphatic hydroxyl groups excluding tert-OH is 2. The predicted octanol–water partition coefficient (Wildman–Crippen LogP) is 4.12. The highest BCUT2D eigenvalue weighted by atomic mass is 32.2. The molecule has 2 aliphatic rings. The van der Waals surface area contributed by atoms with E-state index in [2.05, 4.69) is 10.6 Å². The molecular weight excluding hydrogens is 524 g/mol. The molecule has 1 aromatic rings. The van der Waals surface area contributed by atoms with Crippen molar-refractivity contribution in [3.8, 4) is 0 Å². The standard InChI is InChI=1S/C32H52N2O5S/c1-22(20-33-31(38)26(21-40(39)32(2,3)4)17-23-11-7-5-8-12-23)30(37)34-27(18-24-13-9-6-10-14-24)29(36)28(35)19-25-15-16-25/h5,7-8,11-12,22,24-29,35-36H,6,9-10,13-21H2,1-4H3,(H,33,38)(H,34,37)/t22-,26-,27+,28+,29-,40?/m1/s1. The molecule has 0 bridgehead atoms. The number of carbonyl (C=O) groups excluding carboxylic acids is 2. The van der Waals surface area contributed by atoms with Crippen molar-refractivity contribution in [3.05, 3.63) is 35.9 Å². The Balaban J connectivity index is 1.59. The minimum absolute atomic E-state index is 0.148. The molecule has 0 heterocycles. The highest BCUT2D eigenvalue weighted by Crippen LogP contribution is 2.35. The van der Waals surface area contributed by atoms with Gasteiger partial charge in [-0.2, -0.15) is 0 Å². The van der Waals surface area contributed by atoms with Gasteiger partial charge in [0.25, 0.3) is 0 Å². The molecule has 0 saturated heterocycles. The lowest BCUT2D eigenvalue weighted by Gasteiger charge is -2.33. The van der Waals surface area contributed by atoms with E-state index in [-0.39, 0.29) is 24.1 Å². The molecule has 0 spiro atoms. The Morgan fingerprint density at radius 3 is 2.17 bits per heavy atom. The summed E-state index contributed by atoms with van der Waals surface area (Å²) in [5.74, 6) is -0.288. The van der Waals surface area contributed by atoms with Gasteiger partial charge in [0.1, 0.15) is 6.10 Å². The zero-order valence-electron chi connectivity index (χ0n) is 24.9. The van der Waals surface area contributed by atoms with Gasteiger partial charge in [-0.3, -0.25) is 13.8 Å². The number of benzene rings is 1. The van der Waals surface area contributed by atoms with E-state index in [4.69, 9.17) is 0 Å². The van der Waals surface area contributed by atoms with Crippen molar-refractivity contribution in [3.63, 3.8) is 0 Å². The van der Waals surface area contributed by atoms with Crippen molar-refractivity contribution in [1.29, 1.82) is 0 Å². The molecule has 6 atom stereocenters. The minimum atomic E-state index is -1.20. The molecule has 4 N–H and O–H groups in total. The summed E-state index contributed by atoms with van der Waals surface area (Å²) in [7, 11) is -1.20. The second-order valence-corrected chi connectivity index (χ2v) is 15.5. The van der Waals surface area contributed by atoms with E-state index in [1.165, 1.54) is 19.3 Å². The van der Waals surface area contributed by atoms with Crippen molar-refractivity contribution in [1.82, 2.24) is 10.6 Å². The monoisotopic (exact) mass is 576 g/mol. The SMILES string of the molecule is C[C@H](CNC(=O)[C@H](Cc1ccccc1)CS(=O)C(C)(C)C)C(=O)N[C@@H](CC1CCCCC1)[C@@H](O)[C@@H](O)CC1CC1. The lowest BCUT2D eigenvalue weighted by atomic mass is 9.82. The summed E-state index contributed by atoms with van der Waals surface area (Å²) in [6.07, 6.45) is 7.77. The van der Waals surface area contributed by atoms with Gasteiger partial charge in [-0.25, -0.2) is 0 Å². The molecule has 1 unspecified atom stereocenters. The Bertz CT molecular complexity index is 956. The molecule has 40 heavy (non-hydrogen) atoms. The van der Waals surface area contributed by atoms with Gasteiger partial charge in [-0.15, -0.1) is 0 Å². The fourth-order valence-corrected chi connectivity index (χ4v) is 6.68. The summed E-state index contributed by atoms with van der Waals surface area (Å²) in [5, 5.41) is 27.7. The third-order valence-electron chi connectivity index (χ3n) is 8.48. The second kappa shape index (κ2) is 15.5. The number of nitrogens with one attached hydrogen (secondary N) is 2. The third-order valence-corrected chi connectivity index (χ3v) is 10.6. The van der Waals surface area contributed by atoms with Crippen molar-refractivity contribution in [2.45, 2.75) is 115 Å². The largest absolute Gasteiger partial charge is 0.390 e. The normalized spacial score (nSPS) is 21.1. The minimum Gasteiger partial charge on any atom is -0.390 e. The van der Waals surface area contributed by atoms with E-state index in [0.29, 0.717) is 31.1 Å². The molecule has 3 rings (SSSR count). The van der Waals surface area contributed by atoms with Crippen LogP contribution in [-0.4, -0.2) is 61.5 Å². The fraction of sp³-hybridized carbons (Fsp3) is 0.750. The summed E-state index contributed by atoms with van der Waals surface area (Å²) in [4.78, 5) is 26.5. The molecule has 2 amide bonds. The number of amides is 2. The smallest absolute Gasteiger partial charge is 0.224 e. The summed E-state index contributed by atoms with van der Waals surface area (Å²) in [6.45, 7) is 7.64. The van der Waals surface area contributed by atoms with Crippen LogP contribution in [0.15, 0.2) is 30.3 Å². The molecule has 1 aromatic carbocycles. The molecule has 2 saturated carbocycles. The van der Waals surface area contributed by atoms with Gasteiger partial charge in [0, 0.05) is 27.8 Å². The summed E-state index contributed by atoms with van der Waals surface area (Å²) in [5.41, 5.74) is 1.00. The average Bonchev–Trinajstić information content (AvgIpc) is 3.74. The zero-order chi connectivity index (χ0) is 29.3. The van der Waals surface area contributed by atoms with Gasteiger partial charge in [0.2, 0.25) is 11.8 Å². The second-order valence-electron chi connectivity index (χ2n) is 13.2. The van der Waals surface area contributed by atoms with E-state index in [0.717, 1.165) is 31.2 Å². The number of hydrogen-bond acceptors (Lipinski definition) is 5. The fourth-order valence-electron chi connectivity index (χ4n) is 5.54. The van der Waals surface area contributed by atoms with Gasteiger partial charge >= 0.3 is 0 Å². The quantitative estimate of drug-likeness (QED) is 0.251. The number of aliphatic hydroxyl groups is 2. The first-order valence-electron chi connectivity index (χ1n) is 15.3. The number of hydrogen-bond donors (Lipinski definition) is 4. The summed E-state index contributed by atoms with van der Waals surface area (Å²) >= 11 is 0. The van der Waals surface area contributed by atoms with Crippen LogP contribution in [0.3, 0.4) is 0 Å². The van der Waals surface area contributed by atoms with Crippen molar-refractivity contribution >= 4 is 22.6 Å². The molecule has 0 radical (unpaired) electrons. The first-order valence-corrected chi connectivity index (χ1v) is 16.6. The van der Waals surface area contributed by atoms with E-state index in [1.54, 1.807) is 6.92 Å². The molecule has 226 valence electrons. The lowest BCUT2D eigenvalue weighted by Crippen LogP contribution is -2.52. The van der Waals surface area contributed by atoms with Gasteiger partial charge in [0.15, 0.2) is 0 Å². The van der Waals surface area contributed by atoms with Crippen molar-refractivity contribution in [2.75, 3.05) is 12.3 Å².